The topological polar surface area (TPSA) is 62.4 Å². The van der Waals surface area contributed by atoms with E-state index in [-0.39, 0.29) is 17.5 Å². The normalized spacial score (nSPS) is 13.5. The fourth-order valence-electron chi connectivity index (χ4n) is 3.29. The lowest BCUT2D eigenvalue weighted by Crippen LogP contribution is -2.34. The van der Waals surface area contributed by atoms with Gasteiger partial charge in [-0.3, -0.25) is 9.59 Å². The molecule has 1 heterocycles. The van der Waals surface area contributed by atoms with Gasteiger partial charge in [0, 0.05) is 28.1 Å². The van der Waals surface area contributed by atoms with Crippen LogP contribution in [0.2, 0.25) is 0 Å². The van der Waals surface area contributed by atoms with Crippen molar-refractivity contribution in [3.63, 3.8) is 0 Å². The third-order valence-electron chi connectivity index (χ3n) is 4.81. The van der Waals surface area contributed by atoms with E-state index in [0.29, 0.717) is 24.3 Å². The lowest BCUT2D eigenvalue weighted by atomic mass is 10.1. The third kappa shape index (κ3) is 3.72. The molecule has 1 aromatic heterocycles. The number of H-pyrrole nitrogens is 1. The van der Waals surface area contributed by atoms with Gasteiger partial charge in [0.2, 0.25) is 0 Å². The van der Waals surface area contributed by atoms with Gasteiger partial charge in [0.1, 0.15) is 5.75 Å². The molecule has 2 aromatic carbocycles. The van der Waals surface area contributed by atoms with Crippen LogP contribution in [0, 0.1) is 0 Å². The van der Waals surface area contributed by atoms with Gasteiger partial charge in [0.05, 0.1) is 13.2 Å². The van der Waals surface area contributed by atoms with Gasteiger partial charge in [0.25, 0.3) is 11.5 Å². The Kier molecular flexibility index (Phi) is 4.67. The Morgan fingerprint density at radius 2 is 1.93 bits per heavy atom. The molecule has 1 amide bonds. The van der Waals surface area contributed by atoms with Gasteiger partial charge in [-0.2, -0.15) is 0 Å². The summed E-state index contributed by atoms with van der Waals surface area (Å²) in [7, 11) is 0. The Bertz CT molecular complexity index is 1020. The number of pyridine rings is 1. The molecule has 5 heteroatoms. The van der Waals surface area contributed by atoms with Crippen molar-refractivity contribution in [1.82, 2.24) is 9.88 Å². The fourth-order valence-corrected chi connectivity index (χ4v) is 3.29. The molecule has 1 aliphatic carbocycles. The van der Waals surface area contributed by atoms with Crippen molar-refractivity contribution in [2.45, 2.75) is 32.4 Å². The molecular formula is C22H22N2O3. The maximum atomic E-state index is 12.9. The maximum Gasteiger partial charge on any atom is 0.254 e. The Morgan fingerprint density at radius 1 is 1.15 bits per heavy atom. The molecule has 138 valence electrons. The first kappa shape index (κ1) is 17.3. The Hall–Kier alpha value is -3.08. The Morgan fingerprint density at radius 3 is 2.63 bits per heavy atom. The first-order valence-electron chi connectivity index (χ1n) is 9.30. The van der Waals surface area contributed by atoms with E-state index >= 15 is 0 Å². The zero-order valence-electron chi connectivity index (χ0n) is 15.3. The van der Waals surface area contributed by atoms with Crippen LogP contribution in [0.15, 0.2) is 59.4 Å². The van der Waals surface area contributed by atoms with Gasteiger partial charge >= 0.3 is 0 Å². The van der Waals surface area contributed by atoms with Crippen LogP contribution in [-0.4, -0.2) is 28.4 Å². The van der Waals surface area contributed by atoms with Crippen LogP contribution in [0.1, 0.15) is 35.7 Å². The van der Waals surface area contributed by atoms with Crippen molar-refractivity contribution in [1.29, 1.82) is 0 Å². The number of aromatic amines is 1. The van der Waals surface area contributed by atoms with Crippen LogP contribution in [0.5, 0.6) is 5.75 Å². The minimum atomic E-state index is -0.154. The van der Waals surface area contributed by atoms with Crippen molar-refractivity contribution in [3.05, 3.63) is 76.1 Å². The van der Waals surface area contributed by atoms with Crippen LogP contribution in [-0.2, 0) is 6.54 Å². The molecule has 1 saturated carbocycles. The predicted octanol–water partition coefficient (Wildman–Crippen LogP) is 3.73. The van der Waals surface area contributed by atoms with Crippen molar-refractivity contribution < 1.29 is 9.53 Å². The molecule has 1 N–H and O–H groups in total. The van der Waals surface area contributed by atoms with E-state index in [9.17, 15) is 9.59 Å². The molecule has 0 unspecified atom stereocenters. The molecule has 0 aliphatic heterocycles. The van der Waals surface area contributed by atoms with E-state index in [1.54, 1.807) is 0 Å². The molecule has 27 heavy (non-hydrogen) atoms. The van der Waals surface area contributed by atoms with Gasteiger partial charge in [0.15, 0.2) is 0 Å². The number of nitrogens with one attached hydrogen (secondary N) is 1. The zero-order valence-corrected chi connectivity index (χ0v) is 15.3. The van der Waals surface area contributed by atoms with Gasteiger partial charge in [-0.25, -0.2) is 0 Å². The highest BCUT2D eigenvalue weighted by atomic mass is 16.5. The van der Waals surface area contributed by atoms with E-state index in [4.69, 9.17) is 4.74 Å². The molecule has 1 aliphatic rings. The number of amides is 1. The molecule has 0 spiro atoms. The highest BCUT2D eigenvalue weighted by Crippen LogP contribution is 2.30. The first-order valence-corrected chi connectivity index (χ1v) is 9.30. The standard InChI is InChI=1S/C22H22N2O3/c1-2-27-19-10-11-20-16(13-19)12-17(21(25)23-20)14-24(18-8-9-18)22(26)15-6-4-3-5-7-15/h3-7,10-13,18H,2,8-9,14H2,1H3,(H,23,25). The quantitative estimate of drug-likeness (QED) is 0.727. The average molecular weight is 362 g/mol. The van der Waals surface area contributed by atoms with E-state index in [0.717, 1.165) is 29.5 Å². The highest BCUT2D eigenvalue weighted by molar-refractivity contribution is 5.94. The predicted molar refractivity (Wildman–Crippen MR) is 105 cm³/mol. The van der Waals surface area contributed by atoms with Crippen molar-refractivity contribution in [2.75, 3.05) is 6.61 Å². The Labute approximate surface area is 157 Å². The first-order chi connectivity index (χ1) is 13.2. The summed E-state index contributed by atoms with van der Waals surface area (Å²) < 4.78 is 5.55. The lowest BCUT2D eigenvalue weighted by Gasteiger charge is -2.22. The monoisotopic (exact) mass is 362 g/mol. The van der Waals surface area contributed by atoms with E-state index < -0.39 is 0 Å². The van der Waals surface area contributed by atoms with Crippen molar-refractivity contribution in [2.24, 2.45) is 0 Å². The number of hydrogen-bond donors (Lipinski definition) is 1. The van der Waals surface area contributed by atoms with Crippen LogP contribution in [0.4, 0.5) is 0 Å². The number of rotatable bonds is 6. The number of aromatic nitrogens is 1. The number of nitrogens with zero attached hydrogens (tertiary/aromatic N) is 1. The zero-order chi connectivity index (χ0) is 18.8. The number of carbonyl (C=O) groups excluding carboxylic acids is 1. The second-order valence-electron chi connectivity index (χ2n) is 6.84. The summed E-state index contributed by atoms with van der Waals surface area (Å²) in [6, 6.07) is 16.9. The summed E-state index contributed by atoms with van der Waals surface area (Å²) in [6.45, 7) is 2.83. The summed E-state index contributed by atoms with van der Waals surface area (Å²) in [5, 5.41) is 0.901. The van der Waals surface area contributed by atoms with E-state index in [1.807, 2.05) is 66.4 Å². The second kappa shape index (κ2) is 7.27. The summed E-state index contributed by atoms with van der Waals surface area (Å²) >= 11 is 0. The Balaban J connectivity index is 1.66. The largest absolute Gasteiger partial charge is 0.494 e. The number of fused-ring (bicyclic) bond motifs is 1. The molecule has 0 bridgehead atoms. The molecule has 0 radical (unpaired) electrons. The van der Waals surface area contributed by atoms with Crippen molar-refractivity contribution >= 4 is 16.8 Å². The summed E-state index contributed by atoms with van der Waals surface area (Å²) in [5.74, 6) is 0.739. The SMILES string of the molecule is CCOc1ccc2[nH]c(=O)c(CN(C(=O)c3ccccc3)C3CC3)cc2c1. The molecular weight excluding hydrogens is 340 g/mol. The van der Waals surface area contributed by atoms with E-state index in [2.05, 4.69) is 4.98 Å². The minimum absolute atomic E-state index is 0.0272. The summed E-state index contributed by atoms with van der Waals surface area (Å²) in [4.78, 5) is 30.2. The van der Waals surface area contributed by atoms with E-state index in [1.165, 1.54) is 0 Å². The molecule has 3 aromatic rings. The van der Waals surface area contributed by atoms with Crippen molar-refractivity contribution in [3.8, 4) is 5.75 Å². The average Bonchev–Trinajstić information content (AvgIpc) is 3.52. The number of ether oxygens (including phenoxy) is 1. The maximum absolute atomic E-state index is 12.9. The van der Waals surface area contributed by atoms with Gasteiger partial charge in [-0.05, 0) is 56.2 Å². The van der Waals surface area contributed by atoms with Crippen LogP contribution in [0.3, 0.4) is 0 Å². The summed E-state index contributed by atoms with van der Waals surface area (Å²) in [5.41, 5.74) is 1.85. The highest BCUT2D eigenvalue weighted by Gasteiger charge is 2.33. The van der Waals surface area contributed by atoms with Gasteiger partial charge in [-0.15, -0.1) is 0 Å². The fraction of sp³-hybridized carbons (Fsp3) is 0.273. The number of benzene rings is 2. The number of carbonyl (C=O) groups is 1. The minimum Gasteiger partial charge on any atom is -0.494 e. The van der Waals surface area contributed by atoms with Gasteiger partial charge in [-0.1, -0.05) is 18.2 Å². The smallest absolute Gasteiger partial charge is 0.254 e. The number of hydrogen-bond acceptors (Lipinski definition) is 3. The van der Waals surface area contributed by atoms with Crippen LogP contribution >= 0.6 is 0 Å². The molecule has 0 atom stereocenters. The third-order valence-corrected chi connectivity index (χ3v) is 4.81. The molecule has 0 saturated heterocycles. The second-order valence-corrected chi connectivity index (χ2v) is 6.84. The van der Waals surface area contributed by atoms with Gasteiger partial charge < -0.3 is 14.6 Å². The molecule has 1 fully saturated rings. The van der Waals surface area contributed by atoms with Crippen LogP contribution in [0.25, 0.3) is 10.9 Å². The molecule has 4 rings (SSSR count). The summed E-state index contributed by atoms with van der Waals surface area (Å²) in [6.07, 6.45) is 1.97. The lowest BCUT2D eigenvalue weighted by molar-refractivity contribution is 0.0729. The van der Waals surface area contributed by atoms with Crippen LogP contribution < -0.4 is 10.3 Å². The molecule has 5 nitrogen and oxygen atoms in total.